The first-order valence-corrected chi connectivity index (χ1v) is 9.30. The Labute approximate surface area is 157 Å². The number of fused-ring (bicyclic) bond motifs is 1. The van der Waals surface area contributed by atoms with Crippen LogP contribution in [0, 0.1) is 0 Å². The Morgan fingerprint density at radius 3 is 2.26 bits per heavy atom. The Morgan fingerprint density at radius 2 is 1.56 bits per heavy atom. The summed E-state index contributed by atoms with van der Waals surface area (Å²) in [4.78, 5) is 31.7. The van der Waals surface area contributed by atoms with Gasteiger partial charge in [0.1, 0.15) is 11.3 Å². The van der Waals surface area contributed by atoms with Gasteiger partial charge in [-0.2, -0.15) is 0 Å². The van der Waals surface area contributed by atoms with Crippen LogP contribution in [0.25, 0.3) is 5.65 Å². The highest BCUT2D eigenvalue weighted by molar-refractivity contribution is 6.08. The Bertz CT molecular complexity index is 983. The van der Waals surface area contributed by atoms with E-state index in [2.05, 4.69) is 4.98 Å². The molecule has 6 nitrogen and oxygen atoms in total. The number of rotatable bonds is 3. The molecule has 138 valence electrons. The van der Waals surface area contributed by atoms with Crippen molar-refractivity contribution in [3.05, 3.63) is 65.6 Å². The van der Waals surface area contributed by atoms with Crippen LogP contribution >= 0.6 is 0 Å². The smallest absolute Gasteiger partial charge is 0.253 e. The zero-order chi connectivity index (χ0) is 18.8. The molecule has 3 heterocycles. The maximum absolute atomic E-state index is 12.9. The van der Waals surface area contributed by atoms with Gasteiger partial charge in [-0.15, -0.1) is 0 Å². The molecule has 1 fully saturated rings. The lowest BCUT2D eigenvalue weighted by molar-refractivity contribution is 0.0761. The number of aromatic nitrogens is 2. The number of nitrogens with two attached hydrogens (primary N) is 1. The lowest BCUT2D eigenvalue weighted by Gasteiger charge is -2.20. The van der Waals surface area contributed by atoms with Crippen LogP contribution < -0.4 is 5.73 Å². The van der Waals surface area contributed by atoms with E-state index in [1.165, 1.54) is 12.8 Å². The molecule has 1 aromatic carbocycles. The van der Waals surface area contributed by atoms with Crippen molar-refractivity contribution in [3.8, 4) is 0 Å². The monoisotopic (exact) mass is 362 g/mol. The molecule has 0 saturated carbocycles. The molecule has 0 bridgehead atoms. The third-order valence-corrected chi connectivity index (χ3v) is 5.05. The van der Waals surface area contributed by atoms with Crippen LogP contribution in [0.2, 0.25) is 0 Å². The van der Waals surface area contributed by atoms with Gasteiger partial charge in [0.15, 0.2) is 0 Å². The second kappa shape index (κ2) is 7.23. The third-order valence-electron chi connectivity index (χ3n) is 5.05. The van der Waals surface area contributed by atoms with Gasteiger partial charge in [-0.3, -0.25) is 14.0 Å². The lowest BCUT2D eigenvalue weighted by atomic mass is 10.1. The van der Waals surface area contributed by atoms with Gasteiger partial charge in [-0.25, -0.2) is 4.98 Å². The molecule has 0 unspecified atom stereocenters. The first-order valence-electron chi connectivity index (χ1n) is 9.30. The Hall–Kier alpha value is -3.15. The number of carbonyl (C=O) groups excluding carboxylic acids is 2. The van der Waals surface area contributed by atoms with E-state index in [0.717, 1.165) is 25.9 Å². The summed E-state index contributed by atoms with van der Waals surface area (Å²) in [6, 6.07) is 10.4. The van der Waals surface area contributed by atoms with Crippen molar-refractivity contribution in [2.45, 2.75) is 25.7 Å². The summed E-state index contributed by atoms with van der Waals surface area (Å²) in [6.07, 6.45) is 7.71. The maximum atomic E-state index is 12.9. The highest BCUT2D eigenvalue weighted by Gasteiger charge is 2.19. The van der Waals surface area contributed by atoms with E-state index in [0.29, 0.717) is 28.2 Å². The zero-order valence-electron chi connectivity index (χ0n) is 15.1. The minimum absolute atomic E-state index is 0.0403. The first kappa shape index (κ1) is 17.3. The highest BCUT2D eigenvalue weighted by Crippen LogP contribution is 2.17. The van der Waals surface area contributed by atoms with Crippen LogP contribution in [-0.2, 0) is 0 Å². The van der Waals surface area contributed by atoms with Crippen LogP contribution in [0.15, 0.2) is 48.8 Å². The van der Waals surface area contributed by atoms with E-state index in [4.69, 9.17) is 5.73 Å². The van der Waals surface area contributed by atoms with Crippen molar-refractivity contribution in [1.29, 1.82) is 0 Å². The van der Waals surface area contributed by atoms with Crippen LogP contribution in [0.3, 0.4) is 0 Å². The fourth-order valence-electron chi connectivity index (χ4n) is 3.53. The van der Waals surface area contributed by atoms with Crippen molar-refractivity contribution in [2.75, 3.05) is 18.8 Å². The normalized spacial score (nSPS) is 14.9. The molecule has 1 amide bonds. The van der Waals surface area contributed by atoms with E-state index in [1.54, 1.807) is 53.2 Å². The van der Waals surface area contributed by atoms with Gasteiger partial charge in [0, 0.05) is 36.1 Å². The summed E-state index contributed by atoms with van der Waals surface area (Å²) >= 11 is 0. The molecule has 1 aliphatic rings. The standard InChI is InChI=1S/C21H22N4O2/c22-17-9-10-19-23-13-18(25(19)14-17)20(26)15-5-7-16(8-6-15)21(27)24-11-3-1-2-4-12-24/h5-10,13-14H,1-4,11-12,22H2. The fraction of sp³-hybridized carbons (Fsp3) is 0.286. The van der Waals surface area contributed by atoms with Crippen molar-refractivity contribution in [2.24, 2.45) is 0 Å². The Kier molecular flexibility index (Phi) is 4.62. The molecule has 0 aliphatic carbocycles. The van der Waals surface area contributed by atoms with Gasteiger partial charge in [0.2, 0.25) is 5.78 Å². The molecule has 2 N–H and O–H groups in total. The average molecular weight is 362 g/mol. The van der Waals surface area contributed by atoms with Crippen molar-refractivity contribution in [3.63, 3.8) is 0 Å². The van der Waals surface area contributed by atoms with Crippen molar-refractivity contribution < 1.29 is 9.59 Å². The van der Waals surface area contributed by atoms with E-state index >= 15 is 0 Å². The van der Waals surface area contributed by atoms with Gasteiger partial charge in [0.05, 0.1) is 6.20 Å². The zero-order valence-corrected chi connectivity index (χ0v) is 15.1. The molecule has 0 atom stereocenters. The Balaban J connectivity index is 1.57. The number of nitrogens with zero attached hydrogens (tertiary/aromatic N) is 3. The number of anilines is 1. The second-order valence-corrected chi connectivity index (χ2v) is 6.95. The predicted octanol–water partition coefficient (Wildman–Crippen LogP) is 3.16. The number of hydrogen-bond donors (Lipinski definition) is 1. The van der Waals surface area contributed by atoms with Crippen LogP contribution in [-0.4, -0.2) is 39.1 Å². The molecule has 0 radical (unpaired) electrons. The number of benzene rings is 1. The molecule has 3 aromatic rings. The predicted molar refractivity (Wildman–Crippen MR) is 104 cm³/mol. The minimum Gasteiger partial charge on any atom is -0.398 e. The number of nitrogen functional groups attached to an aromatic ring is 1. The number of hydrogen-bond acceptors (Lipinski definition) is 4. The molecular formula is C21H22N4O2. The molecular weight excluding hydrogens is 340 g/mol. The number of imidazole rings is 1. The van der Waals surface area contributed by atoms with Crippen LogP contribution in [0.5, 0.6) is 0 Å². The highest BCUT2D eigenvalue weighted by atomic mass is 16.2. The van der Waals surface area contributed by atoms with E-state index < -0.39 is 0 Å². The quantitative estimate of drug-likeness (QED) is 0.726. The molecule has 2 aromatic heterocycles. The van der Waals surface area contributed by atoms with Gasteiger partial charge >= 0.3 is 0 Å². The number of pyridine rings is 1. The van der Waals surface area contributed by atoms with Crippen molar-refractivity contribution in [1.82, 2.24) is 14.3 Å². The van der Waals surface area contributed by atoms with E-state index in [1.807, 2.05) is 4.90 Å². The van der Waals surface area contributed by atoms with Gasteiger partial charge in [0.25, 0.3) is 5.91 Å². The summed E-state index contributed by atoms with van der Waals surface area (Å²) in [5.74, 6) is -0.111. The molecule has 1 saturated heterocycles. The fourth-order valence-corrected chi connectivity index (χ4v) is 3.53. The summed E-state index contributed by atoms with van der Waals surface area (Å²) in [5, 5.41) is 0. The number of ketones is 1. The van der Waals surface area contributed by atoms with Gasteiger partial charge in [-0.1, -0.05) is 25.0 Å². The number of amides is 1. The van der Waals surface area contributed by atoms with Gasteiger partial charge < -0.3 is 10.6 Å². The molecule has 4 rings (SSSR count). The van der Waals surface area contributed by atoms with E-state index in [-0.39, 0.29) is 11.7 Å². The van der Waals surface area contributed by atoms with Crippen LogP contribution in [0.4, 0.5) is 5.69 Å². The topological polar surface area (TPSA) is 80.7 Å². The first-order chi connectivity index (χ1) is 13.1. The average Bonchev–Trinajstić information content (AvgIpc) is 2.91. The minimum atomic E-state index is -0.151. The third kappa shape index (κ3) is 3.43. The van der Waals surface area contributed by atoms with Gasteiger partial charge in [-0.05, 0) is 37.1 Å². The molecule has 0 spiro atoms. The Morgan fingerprint density at radius 1 is 0.889 bits per heavy atom. The summed E-state index contributed by atoms with van der Waals surface area (Å²) in [5.41, 5.74) is 8.64. The summed E-state index contributed by atoms with van der Waals surface area (Å²) in [6.45, 7) is 1.62. The summed E-state index contributed by atoms with van der Waals surface area (Å²) < 4.78 is 1.69. The lowest BCUT2D eigenvalue weighted by Crippen LogP contribution is -2.31. The number of likely N-dealkylation sites (tertiary alicyclic amines) is 1. The largest absolute Gasteiger partial charge is 0.398 e. The molecule has 6 heteroatoms. The van der Waals surface area contributed by atoms with Crippen LogP contribution in [0.1, 0.15) is 52.1 Å². The summed E-state index contributed by atoms with van der Waals surface area (Å²) in [7, 11) is 0. The number of carbonyl (C=O) groups is 2. The van der Waals surface area contributed by atoms with Crippen molar-refractivity contribution >= 4 is 23.0 Å². The molecule has 1 aliphatic heterocycles. The SMILES string of the molecule is Nc1ccc2ncc(C(=O)c3ccc(C(=O)N4CCCCCC4)cc3)n2c1. The van der Waals surface area contributed by atoms with E-state index in [9.17, 15) is 9.59 Å². The maximum Gasteiger partial charge on any atom is 0.253 e. The second-order valence-electron chi connectivity index (χ2n) is 6.95. The molecule has 27 heavy (non-hydrogen) atoms.